The number of hydrogen-bond acceptors (Lipinski definition) is 6. The van der Waals surface area contributed by atoms with Crippen LogP contribution in [0.15, 0.2) is 70.6 Å². The van der Waals surface area contributed by atoms with E-state index in [0.29, 0.717) is 56.6 Å². The van der Waals surface area contributed by atoms with Crippen LogP contribution in [0.4, 0.5) is 11.4 Å². The van der Waals surface area contributed by atoms with Crippen LogP contribution in [0.25, 0.3) is 43.6 Å². The van der Waals surface area contributed by atoms with Crippen LogP contribution in [0.3, 0.4) is 0 Å². The van der Waals surface area contributed by atoms with Crippen molar-refractivity contribution in [3.8, 4) is 34.5 Å². The van der Waals surface area contributed by atoms with E-state index in [1.165, 1.54) is 64.2 Å². The van der Waals surface area contributed by atoms with E-state index < -0.39 is 0 Å². The standard InChI is InChI=1S/C48H50Cl2N4O4/c1-5-7-9-11-13-19-25-53-31-23-17-15-21-29(31)37-33(53)27-35(55-3)41-45(37)57-47-39(49)44-48(40(50)43(47)51-41)58-46-38-30-22-16-18-24-32(30)54(26-20-14-12-10-8-6-2)34(38)28-36(56-4)42(46)52-44/h15-18,21-24,27-28H,5-14,19-20,25-26H2,1-4H3. The fourth-order valence-corrected chi connectivity index (χ4v) is 9.52. The monoisotopic (exact) mass is 816 g/mol. The van der Waals surface area contributed by atoms with Crippen molar-refractivity contribution >= 4 is 78.2 Å². The molecule has 4 heterocycles. The van der Waals surface area contributed by atoms with Crippen molar-refractivity contribution < 1.29 is 18.9 Å². The van der Waals surface area contributed by atoms with Gasteiger partial charge in [0.2, 0.25) is 0 Å². The molecule has 0 N–H and O–H groups in total. The molecule has 0 saturated carbocycles. The van der Waals surface area contributed by atoms with Crippen molar-refractivity contribution in [2.75, 3.05) is 14.2 Å². The van der Waals surface area contributed by atoms with Crippen LogP contribution in [0.1, 0.15) is 90.9 Å². The molecular weight excluding hydrogens is 767 g/mol. The second-order valence-corrected chi connectivity index (χ2v) is 16.3. The van der Waals surface area contributed by atoms with Gasteiger partial charge in [0, 0.05) is 47.0 Å². The van der Waals surface area contributed by atoms with E-state index in [0.717, 1.165) is 69.5 Å². The Hall–Kier alpha value is -4.92. The summed E-state index contributed by atoms with van der Waals surface area (Å²) in [4.78, 5) is 10.3. The third-order valence-corrected chi connectivity index (χ3v) is 12.6. The Balaban J connectivity index is 1.17. The van der Waals surface area contributed by atoms with Crippen molar-refractivity contribution in [3.05, 3.63) is 81.4 Å². The first-order valence-corrected chi connectivity index (χ1v) is 21.8. The molecule has 7 aromatic rings. The molecule has 0 spiro atoms. The van der Waals surface area contributed by atoms with Crippen LogP contribution in [-0.4, -0.2) is 23.4 Å². The first kappa shape index (κ1) is 38.6. The van der Waals surface area contributed by atoms with Crippen molar-refractivity contribution in [2.24, 2.45) is 9.98 Å². The van der Waals surface area contributed by atoms with Gasteiger partial charge in [0.05, 0.1) is 36.0 Å². The third-order valence-electron chi connectivity index (χ3n) is 11.9. The number of unbranched alkanes of at least 4 members (excludes halogenated alkanes) is 10. The number of fused-ring (bicyclic) bond motifs is 12. The summed E-state index contributed by atoms with van der Waals surface area (Å²) in [5.41, 5.74) is 5.43. The lowest BCUT2D eigenvalue weighted by molar-refractivity contribution is 0.406. The Labute approximate surface area is 349 Å². The van der Waals surface area contributed by atoms with Gasteiger partial charge in [0.15, 0.2) is 23.0 Å². The topological polar surface area (TPSA) is 71.5 Å². The summed E-state index contributed by atoms with van der Waals surface area (Å²) in [6, 6.07) is 21.1. The molecule has 0 amide bonds. The zero-order valence-electron chi connectivity index (χ0n) is 33.9. The maximum atomic E-state index is 7.34. The zero-order chi connectivity index (χ0) is 39.9. The summed E-state index contributed by atoms with van der Waals surface area (Å²) < 4.78 is 30.6. The minimum Gasteiger partial charge on any atom is -0.494 e. The first-order valence-electron chi connectivity index (χ1n) is 21.1. The SMILES string of the molecule is CCCCCCCCn1c2ccccc2c2c3c(c(OC)cc21)N=c1c(Cl)c2c(c(Cl)c1O3)=Nc1c(OC)cc3c(c1O2)c1ccccc1n3CCCCCCCC. The van der Waals surface area contributed by atoms with Crippen molar-refractivity contribution in [1.29, 1.82) is 0 Å². The maximum absolute atomic E-state index is 7.34. The fourth-order valence-electron chi connectivity index (χ4n) is 9.01. The molecule has 9 rings (SSSR count). The molecule has 0 aliphatic carbocycles. The molecule has 58 heavy (non-hydrogen) atoms. The van der Waals surface area contributed by atoms with Crippen LogP contribution in [0, 0.1) is 0 Å². The summed E-state index contributed by atoms with van der Waals surface area (Å²) in [6.07, 6.45) is 14.6. The van der Waals surface area contributed by atoms with Crippen LogP contribution < -0.4 is 29.7 Å². The average Bonchev–Trinajstić information content (AvgIpc) is 3.75. The molecule has 10 heteroatoms. The van der Waals surface area contributed by atoms with E-state index in [-0.39, 0.29) is 10.0 Å². The maximum Gasteiger partial charge on any atom is 0.175 e. The van der Waals surface area contributed by atoms with Crippen LogP contribution >= 0.6 is 23.2 Å². The largest absolute Gasteiger partial charge is 0.494 e. The molecule has 0 fully saturated rings. The second kappa shape index (κ2) is 16.4. The van der Waals surface area contributed by atoms with E-state index in [9.17, 15) is 0 Å². The number of benzene rings is 5. The Morgan fingerprint density at radius 1 is 0.517 bits per heavy atom. The summed E-state index contributed by atoms with van der Waals surface area (Å²) >= 11 is 14.7. The molecule has 300 valence electrons. The van der Waals surface area contributed by atoms with Gasteiger partial charge in [-0.05, 0) is 25.0 Å². The number of halogens is 2. The van der Waals surface area contributed by atoms with Crippen LogP contribution in [-0.2, 0) is 13.1 Å². The predicted octanol–water partition coefficient (Wildman–Crippen LogP) is 14.1. The number of para-hydroxylation sites is 2. The molecule has 0 radical (unpaired) electrons. The normalized spacial score (nSPS) is 12.8. The van der Waals surface area contributed by atoms with Crippen molar-refractivity contribution in [3.63, 3.8) is 0 Å². The molecule has 0 unspecified atom stereocenters. The van der Waals surface area contributed by atoms with Gasteiger partial charge in [-0.15, -0.1) is 0 Å². The highest BCUT2D eigenvalue weighted by molar-refractivity contribution is 6.35. The van der Waals surface area contributed by atoms with Gasteiger partial charge in [-0.25, -0.2) is 9.98 Å². The van der Waals surface area contributed by atoms with Gasteiger partial charge in [0.1, 0.15) is 43.6 Å². The van der Waals surface area contributed by atoms with E-state index >= 15 is 0 Å². The minimum absolute atomic E-state index is 0.258. The number of aryl methyl sites for hydroxylation is 2. The van der Waals surface area contributed by atoms with Gasteiger partial charge in [-0.1, -0.05) is 138 Å². The number of hydrogen-bond donors (Lipinski definition) is 0. The van der Waals surface area contributed by atoms with Crippen LogP contribution in [0.2, 0.25) is 10.0 Å². The van der Waals surface area contributed by atoms with E-state index in [4.69, 9.17) is 52.1 Å². The Bertz CT molecular complexity index is 2650. The number of ether oxygens (including phenoxy) is 4. The fraction of sp³-hybridized carbons (Fsp3) is 0.375. The average molecular weight is 818 g/mol. The minimum atomic E-state index is 0.258. The van der Waals surface area contributed by atoms with E-state index in [1.54, 1.807) is 14.2 Å². The molecule has 0 bridgehead atoms. The zero-order valence-corrected chi connectivity index (χ0v) is 35.4. The number of rotatable bonds is 16. The molecule has 5 aromatic carbocycles. The van der Waals surface area contributed by atoms with Gasteiger partial charge >= 0.3 is 0 Å². The lowest BCUT2D eigenvalue weighted by atomic mass is 10.1. The summed E-state index contributed by atoms with van der Waals surface area (Å²) in [5, 5.41) is 5.32. The molecule has 0 atom stereocenters. The molecule has 2 aliphatic heterocycles. The Morgan fingerprint density at radius 2 is 0.914 bits per heavy atom. The summed E-state index contributed by atoms with van der Waals surface area (Å²) in [7, 11) is 3.32. The van der Waals surface area contributed by atoms with Crippen molar-refractivity contribution in [1.82, 2.24) is 9.13 Å². The van der Waals surface area contributed by atoms with Gasteiger partial charge < -0.3 is 28.1 Å². The quantitative estimate of drug-likeness (QED) is 0.0911. The molecule has 2 aromatic heterocycles. The van der Waals surface area contributed by atoms with E-state index in [1.807, 2.05) is 0 Å². The summed E-state index contributed by atoms with van der Waals surface area (Å²) in [5.74, 6) is 2.98. The molecule has 8 nitrogen and oxygen atoms in total. The number of nitrogens with zero attached hydrogens (tertiary/aromatic N) is 4. The Kier molecular flexibility index (Phi) is 10.9. The Morgan fingerprint density at radius 3 is 1.33 bits per heavy atom. The van der Waals surface area contributed by atoms with Gasteiger partial charge in [-0.3, -0.25) is 0 Å². The predicted molar refractivity (Wildman–Crippen MR) is 237 cm³/mol. The molecule has 2 aliphatic rings. The smallest absolute Gasteiger partial charge is 0.175 e. The van der Waals surface area contributed by atoms with Gasteiger partial charge in [-0.2, -0.15) is 0 Å². The molecular formula is C48H50Cl2N4O4. The lowest BCUT2D eigenvalue weighted by Crippen LogP contribution is -2.22. The highest BCUT2D eigenvalue weighted by atomic mass is 35.5. The second-order valence-electron chi connectivity index (χ2n) is 15.6. The first-order chi connectivity index (χ1) is 28.5. The lowest BCUT2D eigenvalue weighted by Gasteiger charge is -2.23. The number of methoxy groups -OCH3 is 2. The molecule has 0 saturated heterocycles. The van der Waals surface area contributed by atoms with Crippen LogP contribution in [0.5, 0.6) is 34.5 Å². The highest BCUT2D eigenvalue weighted by Crippen LogP contribution is 2.54. The third kappa shape index (κ3) is 6.44. The van der Waals surface area contributed by atoms with E-state index in [2.05, 4.69) is 83.6 Å². The summed E-state index contributed by atoms with van der Waals surface area (Å²) in [6.45, 7) is 6.27. The highest BCUT2D eigenvalue weighted by Gasteiger charge is 2.33. The van der Waals surface area contributed by atoms with Crippen molar-refractivity contribution in [2.45, 2.75) is 104 Å². The van der Waals surface area contributed by atoms with Gasteiger partial charge in [0.25, 0.3) is 0 Å². The number of aromatic nitrogens is 2.